The molecule has 3 heteroatoms. The number of nitrogens with two attached hydrogens (primary N) is 1. The average molecular weight is 234 g/mol. The Morgan fingerprint density at radius 2 is 1.94 bits per heavy atom. The van der Waals surface area contributed by atoms with Gasteiger partial charge in [0.05, 0.1) is 12.2 Å². The standard InChI is InChI=1S/C12H16N2O.C2H6/c1-8-10-9(6-14-11(8)13)7-15-12(10)4-2-3-5-12;1-2/h6H,2-5,7H2,1H3,(H2,13,14);1-2H3. The monoisotopic (exact) mass is 234 g/mol. The first-order valence-electron chi connectivity index (χ1n) is 6.61. The van der Waals surface area contributed by atoms with Crippen LogP contribution in [0.15, 0.2) is 6.20 Å². The summed E-state index contributed by atoms with van der Waals surface area (Å²) in [5.41, 5.74) is 9.57. The van der Waals surface area contributed by atoms with Crippen molar-refractivity contribution < 1.29 is 4.74 Å². The van der Waals surface area contributed by atoms with E-state index in [4.69, 9.17) is 10.5 Å². The van der Waals surface area contributed by atoms with E-state index in [1.54, 1.807) is 0 Å². The van der Waals surface area contributed by atoms with E-state index in [2.05, 4.69) is 11.9 Å². The van der Waals surface area contributed by atoms with Crippen molar-refractivity contribution in [3.8, 4) is 0 Å². The first-order chi connectivity index (χ1) is 8.23. The molecule has 1 aromatic rings. The molecule has 1 spiro atoms. The van der Waals surface area contributed by atoms with Crippen molar-refractivity contribution in [2.45, 2.75) is 58.7 Å². The first-order valence-corrected chi connectivity index (χ1v) is 6.61. The van der Waals surface area contributed by atoms with Crippen LogP contribution in [0.1, 0.15) is 56.2 Å². The second kappa shape index (κ2) is 4.65. The lowest BCUT2D eigenvalue weighted by atomic mass is 9.88. The summed E-state index contributed by atoms with van der Waals surface area (Å²) in [6.07, 6.45) is 6.70. The molecule has 0 amide bonds. The molecule has 1 fully saturated rings. The normalized spacial score (nSPS) is 19.9. The minimum Gasteiger partial charge on any atom is -0.383 e. The highest BCUT2D eigenvalue weighted by Crippen LogP contribution is 2.49. The number of aromatic nitrogens is 1. The fraction of sp³-hybridized carbons (Fsp3) is 0.643. The highest BCUT2D eigenvalue weighted by Gasteiger charge is 2.43. The summed E-state index contributed by atoms with van der Waals surface area (Å²) in [5, 5.41) is 0. The zero-order valence-corrected chi connectivity index (χ0v) is 11.0. The molecule has 94 valence electrons. The van der Waals surface area contributed by atoms with Gasteiger partial charge in [-0.25, -0.2) is 4.98 Å². The number of fused-ring (bicyclic) bond motifs is 2. The number of nitrogen functional groups attached to an aromatic ring is 1. The van der Waals surface area contributed by atoms with E-state index in [-0.39, 0.29) is 5.60 Å². The summed E-state index contributed by atoms with van der Waals surface area (Å²) >= 11 is 0. The van der Waals surface area contributed by atoms with Gasteiger partial charge in [0.15, 0.2) is 0 Å². The minimum atomic E-state index is -0.0174. The molecule has 1 aromatic heterocycles. The van der Waals surface area contributed by atoms with Crippen LogP contribution < -0.4 is 5.73 Å². The van der Waals surface area contributed by atoms with E-state index in [9.17, 15) is 0 Å². The van der Waals surface area contributed by atoms with Crippen molar-refractivity contribution in [1.82, 2.24) is 4.98 Å². The molecule has 3 nitrogen and oxygen atoms in total. The molecule has 1 saturated carbocycles. The third-order valence-corrected chi connectivity index (χ3v) is 3.81. The van der Waals surface area contributed by atoms with Gasteiger partial charge in [0, 0.05) is 11.8 Å². The molecule has 0 atom stereocenters. The molecule has 0 unspecified atom stereocenters. The van der Waals surface area contributed by atoms with E-state index in [0.717, 1.165) is 18.4 Å². The van der Waals surface area contributed by atoms with Crippen LogP contribution in [0.25, 0.3) is 0 Å². The largest absolute Gasteiger partial charge is 0.383 e. The van der Waals surface area contributed by atoms with Crippen LogP contribution in [0, 0.1) is 6.92 Å². The highest BCUT2D eigenvalue weighted by atomic mass is 16.5. The second-order valence-electron chi connectivity index (χ2n) is 4.66. The van der Waals surface area contributed by atoms with Gasteiger partial charge >= 0.3 is 0 Å². The molecule has 2 N–H and O–H groups in total. The van der Waals surface area contributed by atoms with Gasteiger partial charge in [0.1, 0.15) is 5.82 Å². The summed E-state index contributed by atoms with van der Waals surface area (Å²) in [4.78, 5) is 4.20. The molecule has 2 aliphatic rings. The fourth-order valence-corrected chi connectivity index (χ4v) is 3.05. The van der Waals surface area contributed by atoms with Crippen LogP contribution in [0.3, 0.4) is 0 Å². The SMILES string of the molecule is CC.Cc1c(N)ncc2c1C1(CCCC1)OC2. The van der Waals surface area contributed by atoms with Gasteiger partial charge < -0.3 is 10.5 Å². The Labute approximate surface area is 103 Å². The Bertz CT molecular complexity index is 409. The Morgan fingerprint density at radius 1 is 1.29 bits per heavy atom. The molecule has 0 radical (unpaired) electrons. The van der Waals surface area contributed by atoms with Crippen molar-refractivity contribution in [1.29, 1.82) is 0 Å². The summed E-state index contributed by atoms with van der Waals surface area (Å²) in [7, 11) is 0. The smallest absolute Gasteiger partial charge is 0.126 e. The zero-order chi connectivity index (χ0) is 12.5. The third-order valence-electron chi connectivity index (χ3n) is 3.81. The van der Waals surface area contributed by atoms with Crippen LogP contribution in [-0.4, -0.2) is 4.98 Å². The van der Waals surface area contributed by atoms with Gasteiger partial charge in [0.2, 0.25) is 0 Å². The van der Waals surface area contributed by atoms with Crippen molar-refractivity contribution in [2.75, 3.05) is 5.73 Å². The molecule has 1 aliphatic carbocycles. The number of rotatable bonds is 0. The van der Waals surface area contributed by atoms with Gasteiger partial charge in [-0.15, -0.1) is 0 Å². The number of hydrogen-bond acceptors (Lipinski definition) is 3. The van der Waals surface area contributed by atoms with Crippen molar-refractivity contribution in [2.24, 2.45) is 0 Å². The fourth-order valence-electron chi connectivity index (χ4n) is 3.05. The quantitative estimate of drug-likeness (QED) is 0.749. The lowest BCUT2D eigenvalue weighted by molar-refractivity contribution is -0.0327. The lowest BCUT2D eigenvalue weighted by Crippen LogP contribution is -2.22. The van der Waals surface area contributed by atoms with Crippen LogP contribution in [0.2, 0.25) is 0 Å². The van der Waals surface area contributed by atoms with E-state index in [1.165, 1.54) is 24.0 Å². The van der Waals surface area contributed by atoms with Crippen LogP contribution in [0.4, 0.5) is 5.82 Å². The molecule has 1 aliphatic heterocycles. The number of nitrogens with zero attached hydrogens (tertiary/aromatic N) is 1. The summed E-state index contributed by atoms with van der Waals surface area (Å²) in [6, 6.07) is 0. The average Bonchev–Trinajstić information content (AvgIpc) is 2.97. The number of pyridine rings is 1. The topological polar surface area (TPSA) is 48.1 Å². The van der Waals surface area contributed by atoms with Crippen molar-refractivity contribution in [3.05, 3.63) is 22.9 Å². The first kappa shape index (κ1) is 12.4. The molecule has 0 aromatic carbocycles. The number of anilines is 1. The molecule has 2 heterocycles. The molecule has 0 saturated heterocycles. The van der Waals surface area contributed by atoms with Crippen molar-refractivity contribution in [3.63, 3.8) is 0 Å². The van der Waals surface area contributed by atoms with Crippen LogP contribution >= 0.6 is 0 Å². The molecule has 17 heavy (non-hydrogen) atoms. The Balaban J connectivity index is 0.000000514. The number of hydrogen-bond donors (Lipinski definition) is 1. The second-order valence-corrected chi connectivity index (χ2v) is 4.66. The molecule has 0 bridgehead atoms. The summed E-state index contributed by atoms with van der Waals surface area (Å²) in [6.45, 7) is 6.78. The van der Waals surface area contributed by atoms with Crippen molar-refractivity contribution >= 4 is 5.82 Å². The third kappa shape index (κ3) is 1.82. The minimum absolute atomic E-state index is 0.0174. The predicted octanol–water partition coefficient (Wildman–Crippen LogP) is 3.30. The van der Waals surface area contributed by atoms with E-state index in [0.29, 0.717) is 12.4 Å². The maximum absolute atomic E-state index is 6.01. The van der Waals surface area contributed by atoms with Crippen LogP contribution in [0.5, 0.6) is 0 Å². The Morgan fingerprint density at radius 3 is 2.59 bits per heavy atom. The van der Waals surface area contributed by atoms with E-state index < -0.39 is 0 Å². The van der Waals surface area contributed by atoms with E-state index in [1.807, 2.05) is 20.0 Å². The Kier molecular flexibility index (Phi) is 3.38. The maximum Gasteiger partial charge on any atom is 0.126 e. The molecular formula is C14H22N2O. The van der Waals surface area contributed by atoms with E-state index >= 15 is 0 Å². The van der Waals surface area contributed by atoms with Gasteiger partial charge in [-0.05, 0) is 30.9 Å². The summed E-state index contributed by atoms with van der Waals surface area (Å²) in [5.74, 6) is 0.658. The molecule has 3 rings (SSSR count). The Hall–Kier alpha value is -1.09. The highest BCUT2D eigenvalue weighted by molar-refractivity contribution is 5.51. The number of ether oxygens (including phenoxy) is 1. The van der Waals surface area contributed by atoms with Gasteiger partial charge in [-0.3, -0.25) is 0 Å². The summed E-state index contributed by atoms with van der Waals surface area (Å²) < 4.78 is 6.01. The van der Waals surface area contributed by atoms with Crippen LogP contribution in [-0.2, 0) is 16.9 Å². The van der Waals surface area contributed by atoms with Gasteiger partial charge in [-0.2, -0.15) is 0 Å². The zero-order valence-electron chi connectivity index (χ0n) is 11.0. The lowest BCUT2D eigenvalue weighted by Gasteiger charge is -2.25. The van der Waals surface area contributed by atoms with Gasteiger partial charge in [0.25, 0.3) is 0 Å². The van der Waals surface area contributed by atoms with Gasteiger partial charge in [-0.1, -0.05) is 26.7 Å². The predicted molar refractivity (Wildman–Crippen MR) is 69.7 cm³/mol. The maximum atomic E-state index is 6.01. The molecular weight excluding hydrogens is 212 g/mol.